The molecule has 1 fully saturated rings. The Hall–Kier alpha value is 0.210. The van der Waals surface area contributed by atoms with Gasteiger partial charge in [-0.2, -0.15) is 0 Å². The average Bonchev–Trinajstić information content (AvgIpc) is 2.33. The zero-order valence-electron chi connectivity index (χ0n) is 8.18. The van der Waals surface area contributed by atoms with Crippen LogP contribution in [0.5, 0.6) is 0 Å². The predicted molar refractivity (Wildman–Crippen MR) is 53.7 cm³/mol. The summed E-state index contributed by atoms with van der Waals surface area (Å²) in [4.78, 5) is 0. The van der Waals surface area contributed by atoms with Gasteiger partial charge in [-0.05, 0) is 18.4 Å². The first kappa shape index (κ1) is 12.2. The minimum absolute atomic E-state index is 0. The van der Waals surface area contributed by atoms with Crippen LogP contribution in [0.3, 0.4) is 0 Å². The van der Waals surface area contributed by atoms with E-state index in [-0.39, 0.29) is 23.2 Å². The molecule has 0 saturated carbocycles. The van der Waals surface area contributed by atoms with Crippen molar-refractivity contribution in [3.05, 3.63) is 0 Å². The molecule has 0 amide bonds. The van der Waals surface area contributed by atoms with E-state index in [2.05, 4.69) is 26.1 Å². The van der Waals surface area contributed by atoms with Gasteiger partial charge in [0.15, 0.2) is 0 Å². The van der Waals surface area contributed by atoms with Crippen molar-refractivity contribution in [2.45, 2.75) is 27.2 Å². The molecule has 0 aromatic heterocycles. The van der Waals surface area contributed by atoms with Crippen LogP contribution >= 0.6 is 12.4 Å². The van der Waals surface area contributed by atoms with Crippen LogP contribution < -0.4 is 5.32 Å². The quantitative estimate of drug-likeness (QED) is 0.661. The van der Waals surface area contributed by atoms with Crippen LogP contribution in [0.25, 0.3) is 0 Å². The van der Waals surface area contributed by atoms with Gasteiger partial charge in [0.1, 0.15) is 0 Å². The van der Waals surface area contributed by atoms with Crippen LogP contribution in [-0.2, 0) is 0 Å². The molecule has 2 N–H and O–H groups in total. The van der Waals surface area contributed by atoms with Crippen LogP contribution in [0, 0.1) is 10.8 Å². The molecule has 1 unspecified atom stereocenters. The Bertz CT molecular complexity index is 136. The summed E-state index contributed by atoms with van der Waals surface area (Å²) in [6.07, 6.45) is 1.10. The van der Waals surface area contributed by atoms with Gasteiger partial charge < -0.3 is 10.4 Å². The number of halogens is 1. The van der Waals surface area contributed by atoms with Crippen molar-refractivity contribution in [1.82, 2.24) is 5.32 Å². The molecule has 1 rings (SSSR count). The first-order chi connectivity index (χ1) is 5.02. The summed E-state index contributed by atoms with van der Waals surface area (Å²) in [6, 6.07) is 0. The summed E-state index contributed by atoms with van der Waals surface area (Å²) >= 11 is 0. The van der Waals surface area contributed by atoms with E-state index < -0.39 is 0 Å². The fourth-order valence-electron chi connectivity index (χ4n) is 1.76. The van der Waals surface area contributed by atoms with E-state index in [0.717, 1.165) is 19.5 Å². The van der Waals surface area contributed by atoms with E-state index >= 15 is 0 Å². The lowest BCUT2D eigenvalue weighted by Crippen LogP contribution is -2.40. The van der Waals surface area contributed by atoms with Gasteiger partial charge in [0, 0.05) is 12.0 Å². The molecule has 2 nitrogen and oxygen atoms in total. The third-order valence-electron chi connectivity index (χ3n) is 3.14. The number of rotatable bonds is 1. The van der Waals surface area contributed by atoms with E-state index in [1.54, 1.807) is 0 Å². The van der Waals surface area contributed by atoms with Gasteiger partial charge >= 0.3 is 0 Å². The number of aliphatic hydroxyl groups excluding tert-OH is 1. The second-order valence-corrected chi connectivity index (χ2v) is 4.62. The highest BCUT2D eigenvalue weighted by Gasteiger charge is 2.43. The molecule has 1 aliphatic rings. The Balaban J connectivity index is 0.00000121. The van der Waals surface area contributed by atoms with Crippen molar-refractivity contribution in [2.75, 3.05) is 19.7 Å². The largest absolute Gasteiger partial charge is 0.396 e. The Labute approximate surface area is 81.2 Å². The van der Waals surface area contributed by atoms with Gasteiger partial charge in [-0.25, -0.2) is 0 Å². The zero-order valence-corrected chi connectivity index (χ0v) is 9.00. The van der Waals surface area contributed by atoms with E-state index in [9.17, 15) is 5.11 Å². The summed E-state index contributed by atoms with van der Waals surface area (Å²) in [6.45, 7) is 8.94. The standard InChI is InChI=1S/C9H19NO.ClH/c1-8(2,3)9(7-11)4-5-10-6-9;/h10-11H,4-7H2,1-3H3;1H. The van der Waals surface area contributed by atoms with E-state index in [1.807, 2.05) is 0 Å². The van der Waals surface area contributed by atoms with Gasteiger partial charge in [0.25, 0.3) is 0 Å². The van der Waals surface area contributed by atoms with Gasteiger partial charge in [-0.1, -0.05) is 20.8 Å². The topological polar surface area (TPSA) is 32.3 Å². The maximum Gasteiger partial charge on any atom is 0.0505 e. The van der Waals surface area contributed by atoms with Crippen molar-refractivity contribution < 1.29 is 5.11 Å². The summed E-state index contributed by atoms with van der Waals surface area (Å²) in [5.41, 5.74) is 0.332. The predicted octanol–water partition coefficient (Wildman–Crippen LogP) is 1.43. The minimum Gasteiger partial charge on any atom is -0.396 e. The molecule has 1 atom stereocenters. The van der Waals surface area contributed by atoms with Crippen molar-refractivity contribution in [3.8, 4) is 0 Å². The van der Waals surface area contributed by atoms with Gasteiger partial charge in [-0.15, -0.1) is 12.4 Å². The average molecular weight is 194 g/mol. The highest BCUT2D eigenvalue weighted by atomic mass is 35.5. The summed E-state index contributed by atoms with van der Waals surface area (Å²) < 4.78 is 0. The molecular weight excluding hydrogens is 174 g/mol. The Kier molecular flexibility index (Phi) is 4.01. The molecule has 12 heavy (non-hydrogen) atoms. The summed E-state index contributed by atoms with van der Waals surface area (Å²) in [5, 5.41) is 12.6. The smallest absolute Gasteiger partial charge is 0.0505 e. The molecule has 0 spiro atoms. The van der Waals surface area contributed by atoms with E-state index in [0.29, 0.717) is 6.61 Å². The van der Waals surface area contributed by atoms with Gasteiger partial charge in [0.2, 0.25) is 0 Å². The summed E-state index contributed by atoms with van der Waals surface area (Å²) in [7, 11) is 0. The minimum atomic E-state index is 0. The van der Waals surface area contributed by atoms with Crippen molar-refractivity contribution in [3.63, 3.8) is 0 Å². The monoisotopic (exact) mass is 193 g/mol. The van der Waals surface area contributed by atoms with Crippen LogP contribution in [0.4, 0.5) is 0 Å². The first-order valence-electron chi connectivity index (χ1n) is 4.33. The fraction of sp³-hybridized carbons (Fsp3) is 1.00. The molecule has 0 aromatic rings. The van der Waals surface area contributed by atoms with Crippen LogP contribution in [-0.4, -0.2) is 24.8 Å². The molecule has 1 heterocycles. The molecule has 3 heteroatoms. The Morgan fingerprint density at radius 3 is 2.17 bits per heavy atom. The molecular formula is C9H20ClNO. The molecule has 0 aliphatic carbocycles. The van der Waals surface area contributed by atoms with E-state index in [4.69, 9.17) is 0 Å². The fourth-order valence-corrected chi connectivity index (χ4v) is 1.76. The highest BCUT2D eigenvalue weighted by Crippen LogP contribution is 2.42. The molecule has 1 saturated heterocycles. The van der Waals surface area contributed by atoms with Crippen molar-refractivity contribution in [1.29, 1.82) is 0 Å². The normalized spacial score (nSPS) is 30.0. The third-order valence-corrected chi connectivity index (χ3v) is 3.14. The number of aliphatic hydroxyl groups is 1. The number of nitrogens with one attached hydrogen (secondary N) is 1. The molecule has 0 bridgehead atoms. The SMILES string of the molecule is CC(C)(C)C1(CO)CCNC1.Cl. The lowest BCUT2D eigenvalue weighted by molar-refractivity contribution is 0.0338. The number of hydrogen-bond donors (Lipinski definition) is 2. The maximum atomic E-state index is 9.31. The first-order valence-corrected chi connectivity index (χ1v) is 4.33. The summed E-state index contributed by atoms with van der Waals surface area (Å²) in [5.74, 6) is 0. The van der Waals surface area contributed by atoms with Crippen LogP contribution in [0.2, 0.25) is 0 Å². The Morgan fingerprint density at radius 1 is 1.42 bits per heavy atom. The maximum absolute atomic E-state index is 9.31. The highest BCUT2D eigenvalue weighted by molar-refractivity contribution is 5.85. The van der Waals surface area contributed by atoms with Gasteiger partial charge in [0.05, 0.1) is 6.61 Å². The van der Waals surface area contributed by atoms with Gasteiger partial charge in [-0.3, -0.25) is 0 Å². The zero-order chi connectivity index (χ0) is 8.54. The molecule has 0 aromatic carbocycles. The second-order valence-electron chi connectivity index (χ2n) is 4.62. The Morgan fingerprint density at radius 2 is 2.00 bits per heavy atom. The molecule has 1 aliphatic heterocycles. The van der Waals surface area contributed by atoms with Crippen LogP contribution in [0.15, 0.2) is 0 Å². The van der Waals surface area contributed by atoms with Crippen molar-refractivity contribution >= 4 is 12.4 Å². The molecule has 0 radical (unpaired) electrons. The lowest BCUT2D eigenvalue weighted by Gasteiger charge is -2.39. The number of hydrogen-bond acceptors (Lipinski definition) is 2. The van der Waals surface area contributed by atoms with E-state index in [1.165, 1.54) is 0 Å². The molecule has 74 valence electrons. The van der Waals surface area contributed by atoms with Crippen molar-refractivity contribution in [2.24, 2.45) is 10.8 Å². The van der Waals surface area contributed by atoms with Crippen LogP contribution in [0.1, 0.15) is 27.2 Å². The lowest BCUT2D eigenvalue weighted by atomic mass is 9.66. The third kappa shape index (κ3) is 1.93. The second kappa shape index (κ2) is 3.95.